The van der Waals surface area contributed by atoms with Crippen molar-refractivity contribution in [3.05, 3.63) is 28.2 Å². The summed E-state index contributed by atoms with van der Waals surface area (Å²) in [6.07, 6.45) is 6.00. The minimum Gasteiger partial charge on any atom is -0.339 e. The highest BCUT2D eigenvalue weighted by atomic mass is 35.5. The number of anilines is 1. The van der Waals surface area contributed by atoms with Gasteiger partial charge >= 0.3 is 0 Å². The zero-order valence-corrected chi connectivity index (χ0v) is 17.2. The molecule has 2 aliphatic heterocycles. The van der Waals surface area contributed by atoms with Gasteiger partial charge in [-0.15, -0.1) is 0 Å². The smallest absolute Gasteiger partial charge is 0.241 e. The Hall–Kier alpha value is -1.30. The monoisotopic (exact) mass is 411 g/mol. The van der Waals surface area contributed by atoms with E-state index in [-0.39, 0.29) is 17.9 Å². The number of hydrogen-bond acceptors (Lipinski definition) is 3. The molecule has 2 fully saturated rings. The molecule has 1 N–H and O–H groups in total. The maximum atomic E-state index is 12.9. The normalized spacial score (nSPS) is 23.4. The second-order valence-electron chi connectivity index (χ2n) is 7.39. The lowest BCUT2D eigenvalue weighted by Gasteiger charge is -2.36. The van der Waals surface area contributed by atoms with Gasteiger partial charge in [0.15, 0.2) is 0 Å². The van der Waals surface area contributed by atoms with E-state index in [1.165, 1.54) is 6.42 Å². The molecule has 2 heterocycles. The van der Waals surface area contributed by atoms with Crippen LogP contribution in [0, 0.1) is 0 Å². The molecule has 27 heavy (non-hydrogen) atoms. The molecular formula is C20H27Cl2N3O2. The summed E-state index contributed by atoms with van der Waals surface area (Å²) >= 11 is 12.1. The molecule has 1 aromatic carbocycles. The zero-order valence-electron chi connectivity index (χ0n) is 15.7. The van der Waals surface area contributed by atoms with Gasteiger partial charge in [0, 0.05) is 17.6 Å². The number of nitrogens with one attached hydrogen (secondary N) is 1. The predicted octanol–water partition coefficient (Wildman–Crippen LogP) is 4.19. The Balaban J connectivity index is 1.62. The lowest BCUT2D eigenvalue weighted by Crippen LogP contribution is -2.50. The Morgan fingerprint density at radius 1 is 1.15 bits per heavy atom. The van der Waals surface area contributed by atoms with Crippen molar-refractivity contribution in [1.82, 2.24) is 9.80 Å². The van der Waals surface area contributed by atoms with Gasteiger partial charge in [0.1, 0.15) is 0 Å². The van der Waals surface area contributed by atoms with Crippen molar-refractivity contribution in [3.63, 3.8) is 0 Å². The second-order valence-corrected chi connectivity index (χ2v) is 8.23. The molecule has 7 heteroatoms. The van der Waals surface area contributed by atoms with Gasteiger partial charge in [0.2, 0.25) is 11.8 Å². The molecule has 2 atom stereocenters. The van der Waals surface area contributed by atoms with E-state index in [1.54, 1.807) is 18.2 Å². The first kappa shape index (κ1) is 20.4. The van der Waals surface area contributed by atoms with E-state index >= 15 is 0 Å². The molecule has 0 unspecified atom stereocenters. The molecule has 0 aliphatic carbocycles. The first-order chi connectivity index (χ1) is 13.0. The number of likely N-dealkylation sites (tertiary alicyclic amines) is 2. The molecule has 0 saturated carbocycles. The molecule has 2 amide bonds. The molecule has 5 nitrogen and oxygen atoms in total. The van der Waals surface area contributed by atoms with E-state index in [9.17, 15) is 9.59 Å². The van der Waals surface area contributed by atoms with Crippen LogP contribution >= 0.6 is 23.2 Å². The number of carbonyl (C=O) groups excluding carboxylic acids is 2. The van der Waals surface area contributed by atoms with Gasteiger partial charge in [-0.2, -0.15) is 0 Å². The number of amides is 2. The van der Waals surface area contributed by atoms with Crippen molar-refractivity contribution < 1.29 is 9.59 Å². The van der Waals surface area contributed by atoms with E-state index in [0.29, 0.717) is 28.3 Å². The molecular weight excluding hydrogens is 385 g/mol. The first-order valence-corrected chi connectivity index (χ1v) is 10.5. The summed E-state index contributed by atoms with van der Waals surface area (Å²) in [4.78, 5) is 29.7. The highest BCUT2D eigenvalue weighted by Crippen LogP contribution is 2.27. The van der Waals surface area contributed by atoms with Crippen LogP contribution in [0.5, 0.6) is 0 Å². The molecule has 2 aliphatic rings. The van der Waals surface area contributed by atoms with Crippen molar-refractivity contribution in [2.24, 2.45) is 0 Å². The summed E-state index contributed by atoms with van der Waals surface area (Å²) in [5.41, 5.74) is 0.548. The Kier molecular flexibility index (Phi) is 7.01. The SMILES string of the molecule is CC[C@@H]1CCCCN1C(=O)CN1CCC[C@H]1C(=O)Nc1ccc(Cl)cc1Cl. The molecule has 0 spiro atoms. The minimum atomic E-state index is -0.300. The van der Waals surface area contributed by atoms with Crippen molar-refractivity contribution in [2.75, 3.05) is 25.0 Å². The van der Waals surface area contributed by atoms with Gasteiger partial charge in [-0.25, -0.2) is 0 Å². The highest BCUT2D eigenvalue weighted by Gasteiger charge is 2.34. The summed E-state index contributed by atoms with van der Waals surface area (Å²) in [7, 11) is 0. The largest absolute Gasteiger partial charge is 0.339 e. The zero-order chi connectivity index (χ0) is 19.4. The number of piperidine rings is 1. The van der Waals surface area contributed by atoms with Crippen molar-refractivity contribution >= 4 is 40.7 Å². The van der Waals surface area contributed by atoms with Crippen LogP contribution < -0.4 is 5.32 Å². The van der Waals surface area contributed by atoms with Gasteiger partial charge in [0.25, 0.3) is 0 Å². The van der Waals surface area contributed by atoms with Gasteiger partial charge in [0.05, 0.1) is 23.3 Å². The van der Waals surface area contributed by atoms with E-state index in [1.807, 2.05) is 9.80 Å². The number of nitrogens with zero attached hydrogens (tertiary/aromatic N) is 2. The number of halogens is 2. The van der Waals surface area contributed by atoms with Gasteiger partial charge in [-0.05, 0) is 63.3 Å². The third-order valence-corrected chi connectivity index (χ3v) is 6.16. The Bertz CT molecular complexity index is 698. The average Bonchev–Trinajstić information content (AvgIpc) is 3.12. The van der Waals surface area contributed by atoms with Crippen LogP contribution in [0.3, 0.4) is 0 Å². The van der Waals surface area contributed by atoms with Crippen molar-refractivity contribution in [3.8, 4) is 0 Å². The van der Waals surface area contributed by atoms with E-state index in [4.69, 9.17) is 23.2 Å². The summed E-state index contributed by atoms with van der Waals surface area (Å²) in [6, 6.07) is 5.04. The van der Waals surface area contributed by atoms with Gasteiger partial charge < -0.3 is 10.2 Å². The van der Waals surface area contributed by atoms with Crippen LogP contribution in [0.25, 0.3) is 0 Å². The second kappa shape index (κ2) is 9.26. The van der Waals surface area contributed by atoms with Crippen molar-refractivity contribution in [1.29, 1.82) is 0 Å². The number of rotatable bonds is 5. The predicted molar refractivity (Wildman–Crippen MR) is 109 cm³/mol. The lowest BCUT2D eigenvalue weighted by atomic mass is 10.00. The van der Waals surface area contributed by atoms with E-state index < -0.39 is 0 Å². The van der Waals surface area contributed by atoms with E-state index in [2.05, 4.69) is 12.2 Å². The average molecular weight is 412 g/mol. The lowest BCUT2D eigenvalue weighted by molar-refractivity contribution is -0.137. The Morgan fingerprint density at radius 2 is 1.96 bits per heavy atom. The summed E-state index contributed by atoms with van der Waals surface area (Å²) < 4.78 is 0. The van der Waals surface area contributed by atoms with Gasteiger partial charge in [-0.3, -0.25) is 14.5 Å². The Labute approximate surface area is 171 Å². The first-order valence-electron chi connectivity index (χ1n) is 9.79. The number of benzene rings is 1. The maximum Gasteiger partial charge on any atom is 0.241 e. The van der Waals surface area contributed by atoms with Crippen LogP contribution in [0.1, 0.15) is 45.4 Å². The third-order valence-electron chi connectivity index (χ3n) is 5.61. The fourth-order valence-corrected chi connectivity index (χ4v) is 4.59. The van der Waals surface area contributed by atoms with Gasteiger partial charge in [-0.1, -0.05) is 30.1 Å². The fourth-order valence-electron chi connectivity index (χ4n) is 4.14. The molecule has 3 rings (SSSR count). The number of hydrogen-bond donors (Lipinski definition) is 1. The maximum absolute atomic E-state index is 12.9. The molecule has 2 saturated heterocycles. The van der Waals surface area contributed by atoms with E-state index in [0.717, 1.165) is 45.2 Å². The molecule has 0 radical (unpaired) electrons. The highest BCUT2D eigenvalue weighted by molar-refractivity contribution is 6.36. The fraction of sp³-hybridized carbons (Fsp3) is 0.600. The Morgan fingerprint density at radius 3 is 2.70 bits per heavy atom. The van der Waals surface area contributed by atoms with Crippen LogP contribution in [0.2, 0.25) is 10.0 Å². The van der Waals surface area contributed by atoms with Crippen molar-refractivity contribution in [2.45, 2.75) is 57.5 Å². The molecule has 1 aromatic rings. The quantitative estimate of drug-likeness (QED) is 0.789. The third kappa shape index (κ3) is 4.95. The molecule has 0 aromatic heterocycles. The molecule has 148 valence electrons. The summed E-state index contributed by atoms with van der Waals surface area (Å²) in [5, 5.41) is 3.82. The van der Waals surface area contributed by atoms with Crippen LogP contribution in [0.15, 0.2) is 18.2 Å². The topological polar surface area (TPSA) is 52.7 Å². The summed E-state index contributed by atoms with van der Waals surface area (Å²) in [6.45, 7) is 4.05. The van der Waals surface area contributed by atoms with Crippen LogP contribution in [-0.2, 0) is 9.59 Å². The van der Waals surface area contributed by atoms with Crippen LogP contribution in [-0.4, -0.2) is 53.3 Å². The minimum absolute atomic E-state index is 0.116. The van der Waals surface area contributed by atoms with Crippen LogP contribution in [0.4, 0.5) is 5.69 Å². The summed E-state index contributed by atoms with van der Waals surface area (Å²) in [5.74, 6) is 0.0287. The number of carbonyl (C=O) groups is 2. The molecule has 0 bridgehead atoms. The standard InChI is InChI=1S/C20H27Cl2N3O2/c1-2-15-6-3-4-11-25(15)19(26)13-24-10-5-7-18(24)20(27)23-17-9-8-14(21)12-16(17)22/h8-9,12,15,18H,2-7,10-11,13H2,1H3,(H,23,27)/t15-,18+/m1/s1.